The highest BCUT2D eigenvalue weighted by atomic mass is 16.5. The first kappa shape index (κ1) is 17.3. The van der Waals surface area contributed by atoms with E-state index in [1.807, 2.05) is 0 Å². The predicted molar refractivity (Wildman–Crippen MR) is 80.7 cm³/mol. The van der Waals surface area contributed by atoms with Gasteiger partial charge < -0.3 is 18.9 Å². The Bertz CT molecular complexity index is 601. The molecule has 0 aliphatic carbocycles. The highest BCUT2D eigenvalue weighted by molar-refractivity contribution is 6.17. The largest absolute Gasteiger partial charge is 0.493 e. The van der Waals surface area contributed by atoms with Crippen molar-refractivity contribution in [3.05, 3.63) is 42.0 Å². The SMILES string of the molecule is COC(=O)C=CC=C(C(=O)OC)c1ccc(OC)c(OC)c1. The summed E-state index contributed by atoms with van der Waals surface area (Å²) in [5.41, 5.74) is 0.836. The van der Waals surface area contributed by atoms with Crippen molar-refractivity contribution in [2.45, 2.75) is 0 Å². The van der Waals surface area contributed by atoms with Crippen LogP contribution in [0, 0.1) is 0 Å². The number of ether oxygens (including phenoxy) is 4. The Balaban J connectivity index is 3.23. The number of carbonyl (C=O) groups is 2. The molecule has 6 nitrogen and oxygen atoms in total. The van der Waals surface area contributed by atoms with Gasteiger partial charge in [0.25, 0.3) is 0 Å². The number of esters is 2. The molecule has 0 N–H and O–H groups in total. The molecule has 0 atom stereocenters. The lowest BCUT2D eigenvalue weighted by Crippen LogP contribution is -2.04. The summed E-state index contributed by atoms with van der Waals surface area (Å²) in [5, 5.41) is 0. The zero-order chi connectivity index (χ0) is 16.5. The maximum Gasteiger partial charge on any atom is 0.338 e. The minimum absolute atomic E-state index is 0.267. The summed E-state index contributed by atoms with van der Waals surface area (Å²) < 4.78 is 19.6. The van der Waals surface area contributed by atoms with Crippen LogP contribution in [0.4, 0.5) is 0 Å². The van der Waals surface area contributed by atoms with E-state index in [1.165, 1.54) is 46.7 Å². The Morgan fingerprint density at radius 2 is 1.64 bits per heavy atom. The molecule has 1 aromatic rings. The molecule has 0 aliphatic rings. The molecule has 0 heterocycles. The molecule has 22 heavy (non-hydrogen) atoms. The smallest absolute Gasteiger partial charge is 0.338 e. The number of hydrogen-bond acceptors (Lipinski definition) is 6. The van der Waals surface area contributed by atoms with Crippen LogP contribution in [0.5, 0.6) is 11.5 Å². The molecule has 0 aromatic heterocycles. The van der Waals surface area contributed by atoms with E-state index < -0.39 is 11.9 Å². The molecule has 1 rings (SSSR count). The van der Waals surface area contributed by atoms with E-state index in [9.17, 15) is 9.59 Å². The topological polar surface area (TPSA) is 71.1 Å². The van der Waals surface area contributed by atoms with Crippen molar-refractivity contribution in [2.24, 2.45) is 0 Å². The first-order valence-electron chi connectivity index (χ1n) is 6.34. The van der Waals surface area contributed by atoms with Gasteiger partial charge in [0, 0.05) is 6.08 Å². The van der Waals surface area contributed by atoms with Crippen LogP contribution in [-0.2, 0) is 19.1 Å². The minimum Gasteiger partial charge on any atom is -0.493 e. The van der Waals surface area contributed by atoms with Crippen LogP contribution in [0.1, 0.15) is 5.56 Å². The van der Waals surface area contributed by atoms with Gasteiger partial charge in [0.1, 0.15) is 0 Å². The number of methoxy groups -OCH3 is 4. The van der Waals surface area contributed by atoms with E-state index in [-0.39, 0.29) is 5.57 Å². The van der Waals surface area contributed by atoms with Gasteiger partial charge >= 0.3 is 11.9 Å². The first-order valence-corrected chi connectivity index (χ1v) is 6.34. The van der Waals surface area contributed by atoms with Crippen molar-refractivity contribution >= 4 is 17.5 Å². The number of carbonyl (C=O) groups excluding carboxylic acids is 2. The lowest BCUT2D eigenvalue weighted by molar-refractivity contribution is -0.135. The number of benzene rings is 1. The quantitative estimate of drug-likeness (QED) is 0.455. The maximum absolute atomic E-state index is 11.9. The molecule has 1 aromatic carbocycles. The molecule has 6 heteroatoms. The first-order chi connectivity index (χ1) is 10.6. The molecule has 118 valence electrons. The van der Waals surface area contributed by atoms with Crippen LogP contribution in [-0.4, -0.2) is 40.4 Å². The van der Waals surface area contributed by atoms with E-state index in [1.54, 1.807) is 18.2 Å². The molecule has 0 saturated carbocycles. The van der Waals surface area contributed by atoms with Gasteiger partial charge in [-0.3, -0.25) is 0 Å². The molecule has 0 bridgehead atoms. The summed E-state index contributed by atoms with van der Waals surface area (Å²) in [7, 11) is 5.57. The Morgan fingerprint density at radius 3 is 2.18 bits per heavy atom. The van der Waals surface area contributed by atoms with Crippen molar-refractivity contribution in [2.75, 3.05) is 28.4 Å². The third-order valence-corrected chi connectivity index (χ3v) is 2.80. The van der Waals surface area contributed by atoms with E-state index in [0.717, 1.165) is 0 Å². The number of hydrogen-bond donors (Lipinski definition) is 0. The summed E-state index contributed by atoms with van der Waals surface area (Å²) in [6.07, 6.45) is 4.07. The Labute approximate surface area is 128 Å². The highest BCUT2D eigenvalue weighted by Crippen LogP contribution is 2.30. The van der Waals surface area contributed by atoms with Gasteiger partial charge in [-0.15, -0.1) is 0 Å². The zero-order valence-corrected chi connectivity index (χ0v) is 12.9. The fraction of sp³-hybridized carbons (Fsp3) is 0.250. The monoisotopic (exact) mass is 306 g/mol. The van der Waals surface area contributed by atoms with Crippen molar-refractivity contribution in [3.63, 3.8) is 0 Å². The molecule has 0 spiro atoms. The van der Waals surface area contributed by atoms with E-state index >= 15 is 0 Å². The fourth-order valence-corrected chi connectivity index (χ4v) is 1.69. The van der Waals surface area contributed by atoms with Crippen molar-refractivity contribution in [1.82, 2.24) is 0 Å². The normalized spacial score (nSPS) is 11.2. The lowest BCUT2D eigenvalue weighted by Gasteiger charge is -2.10. The standard InChI is InChI=1S/C16H18O6/c1-19-13-9-8-11(10-14(13)20-2)12(16(18)22-4)6-5-7-15(17)21-3/h5-10H,1-4H3. The maximum atomic E-state index is 11.9. The number of rotatable bonds is 6. The molecular weight excluding hydrogens is 288 g/mol. The average Bonchev–Trinajstić information content (AvgIpc) is 2.57. The lowest BCUT2D eigenvalue weighted by atomic mass is 10.0. The van der Waals surface area contributed by atoms with Gasteiger partial charge in [0.05, 0.1) is 34.0 Å². The van der Waals surface area contributed by atoms with Gasteiger partial charge in [-0.1, -0.05) is 12.1 Å². The molecular formula is C16H18O6. The van der Waals surface area contributed by atoms with Crippen LogP contribution in [0.15, 0.2) is 36.4 Å². The van der Waals surface area contributed by atoms with Crippen LogP contribution < -0.4 is 9.47 Å². The molecule has 0 amide bonds. The number of allylic oxidation sites excluding steroid dienone is 2. The second-order valence-electron chi connectivity index (χ2n) is 4.02. The molecule has 0 radical (unpaired) electrons. The van der Waals surface area contributed by atoms with Gasteiger partial charge in [0.15, 0.2) is 11.5 Å². The molecule has 0 aliphatic heterocycles. The third-order valence-electron chi connectivity index (χ3n) is 2.80. The minimum atomic E-state index is -0.540. The van der Waals surface area contributed by atoms with Crippen LogP contribution in [0.2, 0.25) is 0 Å². The van der Waals surface area contributed by atoms with Gasteiger partial charge in [-0.05, 0) is 23.8 Å². The molecule has 0 unspecified atom stereocenters. The summed E-state index contributed by atoms with van der Waals surface area (Å²) >= 11 is 0. The average molecular weight is 306 g/mol. The Morgan fingerprint density at radius 1 is 0.955 bits per heavy atom. The predicted octanol–water partition coefficient (Wildman–Crippen LogP) is 1.99. The second-order valence-corrected chi connectivity index (χ2v) is 4.02. The fourth-order valence-electron chi connectivity index (χ4n) is 1.69. The van der Waals surface area contributed by atoms with Crippen LogP contribution in [0.25, 0.3) is 5.57 Å². The third kappa shape index (κ3) is 4.37. The van der Waals surface area contributed by atoms with Crippen molar-refractivity contribution < 1.29 is 28.5 Å². The molecule has 0 fully saturated rings. The summed E-state index contributed by atoms with van der Waals surface area (Å²) in [6, 6.07) is 5.01. The molecule has 0 saturated heterocycles. The van der Waals surface area contributed by atoms with Crippen LogP contribution >= 0.6 is 0 Å². The van der Waals surface area contributed by atoms with Gasteiger partial charge in [0.2, 0.25) is 0 Å². The summed E-state index contributed by atoms with van der Waals surface area (Å²) in [6.45, 7) is 0. The van der Waals surface area contributed by atoms with Crippen molar-refractivity contribution in [3.8, 4) is 11.5 Å². The van der Waals surface area contributed by atoms with E-state index in [2.05, 4.69) is 4.74 Å². The second kappa shape index (κ2) is 8.51. The van der Waals surface area contributed by atoms with Crippen molar-refractivity contribution in [1.29, 1.82) is 0 Å². The zero-order valence-electron chi connectivity index (χ0n) is 12.9. The van der Waals surface area contributed by atoms with E-state index in [4.69, 9.17) is 14.2 Å². The Hall–Kier alpha value is -2.76. The van der Waals surface area contributed by atoms with Gasteiger partial charge in [-0.25, -0.2) is 9.59 Å². The van der Waals surface area contributed by atoms with E-state index in [0.29, 0.717) is 17.1 Å². The Kier molecular flexibility index (Phi) is 6.69. The summed E-state index contributed by atoms with van der Waals surface area (Å²) in [5.74, 6) is -0.0400. The summed E-state index contributed by atoms with van der Waals surface area (Å²) in [4.78, 5) is 23.0. The van der Waals surface area contributed by atoms with Gasteiger partial charge in [-0.2, -0.15) is 0 Å². The van der Waals surface area contributed by atoms with Crippen LogP contribution in [0.3, 0.4) is 0 Å². The highest BCUT2D eigenvalue weighted by Gasteiger charge is 2.14.